The Kier molecular flexibility index (Phi) is 6.25. The number of carbonyl (C=O) groups is 2. The summed E-state index contributed by atoms with van der Waals surface area (Å²) in [7, 11) is 1.37. The van der Waals surface area contributed by atoms with Gasteiger partial charge in [-0.25, -0.2) is 0 Å². The quantitative estimate of drug-likeness (QED) is 0.445. The number of hydrogen-bond acceptors (Lipinski definition) is 10. The van der Waals surface area contributed by atoms with Crippen LogP contribution in [0.4, 0.5) is 11.4 Å². The fraction of sp³-hybridized carbons (Fsp3) is 0.619. The maximum atomic E-state index is 12.9. The van der Waals surface area contributed by atoms with Crippen LogP contribution in [0.1, 0.15) is 27.7 Å². The maximum absolute atomic E-state index is 12.9. The minimum absolute atomic E-state index is 0.0325. The van der Waals surface area contributed by atoms with Gasteiger partial charge in [-0.3, -0.25) is 19.7 Å². The lowest BCUT2D eigenvalue weighted by Gasteiger charge is -2.36. The molecular weight excluding hydrogens is 454 g/mol. The molecule has 13 nitrogen and oxygen atoms in total. The lowest BCUT2D eigenvalue weighted by Crippen LogP contribution is -2.59. The molecule has 0 bridgehead atoms. The van der Waals surface area contributed by atoms with Crippen LogP contribution in [-0.2, 0) is 33.3 Å². The number of carbonyl (C=O) groups excluding carboxylic acids is 2. The number of rotatable bonds is 6. The number of methoxy groups -OCH3 is 1. The number of ether oxygens (including phenoxy) is 6. The highest BCUT2D eigenvalue weighted by Crippen LogP contribution is 2.44. The SMILES string of the molecule is COc1ccc(NC(=O)CNC(=O)C2OC3OC(C)(C)OC3C3OC(C)(C)OC23)c([N+](=O)[O-])c1. The number of benzene rings is 1. The van der Waals surface area contributed by atoms with Gasteiger partial charge in [0.15, 0.2) is 24.0 Å². The molecule has 0 aliphatic carbocycles. The molecule has 3 aliphatic heterocycles. The second-order valence-electron chi connectivity index (χ2n) is 9.00. The third kappa shape index (κ3) is 4.83. The molecule has 13 heteroatoms. The van der Waals surface area contributed by atoms with Gasteiger partial charge in [0.05, 0.1) is 24.6 Å². The molecule has 0 saturated carbocycles. The van der Waals surface area contributed by atoms with Crippen LogP contribution in [0.15, 0.2) is 18.2 Å². The molecule has 5 unspecified atom stereocenters. The topological polar surface area (TPSA) is 157 Å². The van der Waals surface area contributed by atoms with Gasteiger partial charge >= 0.3 is 0 Å². The second kappa shape index (κ2) is 8.74. The highest BCUT2D eigenvalue weighted by molar-refractivity contribution is 5.97. The largest absolute Gasteiger partial charge is 0.496 e. The van der Waals surface area contributed by atoms with Crippen molar-refractivity contribution in [3.8, 4) is 5.75 Å². The number of hydrogen-bond donors (Lipinski definition) is 2. The van der Waals surface area contributed by atoms with E-state index in [9.17, 15) is 19.7 Å². The van der Waals surface area contributed by atoms with Crippen molar-refractivity contribution in [1.29, 1.82) is 0 Å². The average molecular weight is 481 g/mol. The zero-order chi connectivity index (χ0) is 24.8. The Hall–Kier alpha value is -2.84. The summed E-state index contributed by atoms with van der Waals surface area (Å²) in [6, 6.07) is 4.00. The number of amides is 2. The number of nitro groups is 1. The first-order valence-corrected chi connectivity index (χ1v) is 10.7. The molecule has 3 fully saturated rings. The van der Waals surface area contributed by atoms with Gasteiger partial charge in [-0.1, -0.05) is 0 Å². The van der Waals surface area contributed by atoms with Crippen molar-refractivity contribution >= 4 is 23.2 Å². The molecule has 34 heavy (non-hydrogen) atoms. The van der Waals surface area contributed by atoms with Crippen LogP contribution in [0.5, 0.6) is 5.75 Å². The van der Waals surface area contributed by atoms with E-state index in [2.05, 4.69) is 10.6 Å². The molecule has 0 aromatic heterocycles. The molecule has 3 heterocycles. The van der Waals surface area contributed by atoms with Crippen LogP contribution in [-0.4, -0.2) is 72.7 Å². The molecule has 2 N–H and O–H groups in total. The first-order chi connectivity index (χ1) is 15.9. The summed E-state index contributed by atoms with van der Waals surface area (Å²) in [4.78, 5) is 36.0. The second-order valence-corrected chi connectivity index (χ2v) is 9.00. The Balaban J connectivity index is 1.42. The van der Waals surface area contributed by atoms with Crippen molar-refractivity contribution in [3.63, 3.8) is 0 Å². The Morgan fingerprint density at radius 3 is 2.38 bits per heavy atom. The molecule has 1 aromatic rings. The smallest absolute Gasteiger partial charge is 0.296 e. The van der Waals surface area contributed by atoms with E-state index in [4.69, 9.17) is 28.4 Å². The van der Waals surface area contributed by atoms with Crippen LogP contribution in [0.25, 0.3) is 0 Å². The van der Waals surface area contributed by atoms with Crippen molar-refractivity contribution in [3.05, 3.63) is 28.3 Å². The van der Waals surface area contributed by atoms with E-state index in [1.165, 1.54) is 25.3 Å². The van der Waals surface area contributed by atoms with Crippen LogP contribution in [0, 0.1) is 10.1 Å². The highest BCUT2D eigenvalue weighted by atomic mass is 16.9. The summed E-state index contributed by atoms with van der Waals surface area (Å²) >= 11 is 0. The summed E-state index contributed by atoms with van der Waals surface area (Å²) in [6.45, 7) is 6.42. The van der Waals surface area contributed by atoms with Crippen LogP contribution < -0.4 is 15.4 Å². The summed E-state index contributed by atoms with van der Waals surface area (Å²) in [5.41, 5.74) is -0.377. The third-order valence-electron chi connectivity index (χ3n) is 5.51. The minimum atomic E-state index is -1.13. The van der Waals surface area contributed by atoms with Crippen LogP contribution in [0.2, 0.25) is 0 Å². The molecule has 3 aliphatic rings. The van der Waals surface area contributed by atoms with E-state index in [1.807, 2.05) is 0 Å². The van der Waals surface area contributed by atoms with Crippen molar-refractivity contribution in [2.75, 3.05) is 19.0 Å². The van der Waals surface area contributed by atoms with Crippen LogP contribution in [0.3, 0.4) is 0 Å². The van der Waals surface area contributed by atoms with Crippen molar-refractivity contribution < 1.29 is 42.9 Å². The van der Waals surface area contributed by atoms with Gasteiger partial charge in [-0.05, 0) is 39.8 Å². The molecule has 0 spiro atoms. The van der Waals surface area contributed by atoms with E-state index in [0.717, 1.165) is 0 Å². The number of nitro benzene ring substituents is 1. The monoisotopic (exact) mass is 481 g/mol. The van der Waals surface area contributed by atoms with Gasteiger partial charge in [0.25, 0.3) is 11.6 Å². The van der Waals surface area contributed by atoms with Gasteiger partial charge in [0.1, 0.15) is 29.7 Å². The first kappa shape index (κ1) is 24.3. The highest BCUT2D eigenvalue weighted by Gasteiger charge is 2.62. The van der Waals surface area contributed by atoms with E-state index < -0.39 is 65.6 Å². The van der Waals surface area contributed by atoms with Crippen molar-refractivity contribution in [1.82, 2.24) is 5.32 Å². The Bertz CT molecular complexity index is 997. The number of nitrogens with zero attached hydrogens (tertiary/aromatic N) is 1. The van der Waals surface area contributed by atoms with E-state index in [-0.39, 0.29) is 17.1 Å². The van der Waals surface area contributed by atoms with E-state index in [0.29, 0.717) is 0 Å². The zero-order valence-corrected chi connectivity index (χ0v) is 19.4. The average Bonchev–Trinajstić information content (AvgIpc) is 3.25. The third-order valence-corrected chi connectivity index (χ3v) is 5.51. The van der Waals surface area contributed by atoms with E-state index >= 15 is 0 Å². The molecule has 1 aromatic carbocycles. The normalized spacial score (nSPS) is 30.7. The molecule has 5 atom stereocenters. The summed E-state index contributed by atoms with van der Waals surface area (Å²) < 4.78 is 34.3. The van der Waals surface area contributed by atoms with Gasteiger partial charge in [0, 0.05) is 0 Å². The Labute approximate surface area is 195 Å². The Morgan fingerprint density at radius 1 is 1.06 bits per heavy atom. The first-order valence-electron chi connectivity index (χ1n) is 10.7. The molecule has 4 rings (SSSR count). The summed E-state index contributed by atoms with van der Waals surface area (Å²) in [5.74, 6) is -2.94. The van der Waals surface area contributed by atoms with Gasteiger partial charge in [0.2, 0.25) is 5.91 Å². The molecular formula is C21H27N3O10. The number of nitrogens with one attached hydrogen (secondary N) is 2. The predicted octanol–water partition coefficient (Wildman–Crippen LogP) is 1.05. The van der Waals surface area contributed by atoms with Crippen molar-refractivity contribution in [2.24, 2.45) is 0 Å². The van der Waals surface area contributed by atoms with Gasteiger partial charge in [-0.15, -0.1) is 0 Å². The molecule has 0 radical (unpaired) electrons. The Morgan fingerprint density at radius 2 is 1.71 bits per heavy atom. The summed E-state index contributed by atoms with van der Waals surface area (Å²) in [6.07, 6.45) is -4.00. The molecule has 2 amide bonds. The van der Waals surface area contributed by atoms with E-state index in [1.54, 1.807) is 27.7 Å². The van der Waals surface area contributed by atoms with Gasteiger partial charge < -0.3 is 39.1 Å². The minimum Gasteiger partial charge on any atom is -0.496 e. The fourth-order valence-electron chi connectivity index (χ4n) is 4.18. The standard InChI is InChI=1S/C21H27N3O10/c1-20(2)31-14-15(32-20)17-19(34-21(3,4)33-17)30-16(14)18(26)22-9-13(25)23-11-7-6-10(29-5)8-12(11)24(27)28/h6-8,14-17,19H,9H2,1-5H3,(H,22,26)(H,23,25). The molecule has 3 saturated heterocycles. The molecule has 186 valence electrons. The maximum Gasteiger partial charge on any atom is 0.296 e. The predicted molar refractivity (Wildman–Crippen MR) is 114 cm³/mol. The lowest BCUT2D eigenvalue weighted by atomic mass is 9.98. The van der Waals surface area contributed by atoms with Gasteiger partial charge in [-0.2, -0.15) is 0 Å². The summed E-state index contributed by atoms with van der Waals surface area (Å²) in [5, 5.41) is 16.2. The number of anilines is 1. The zero-order valence-electron chi connectivity index (χ0n) is 19.4. The number of fused-ring (bicyclic) bond motifs is 3. The van der Waals surface area contributed by atoms with Crippen LogP contribution >= 0.6 is 0 Å². The fourth-order valence-corrected chi connectivity index (χ4v) is 4.18. The lowest BCUT2D eigenvalue weighted by molar-refractivity contribution is -0.384. The van der Waals surface area contributed by atoms with Crippen molar-refractivity contribution in [2.45, 2.75) is 70.0 Å².